The lowest BCUT2D eigenvalue weighted by molar-refractivity contribution is 0.172. The molecule has 1 aliphatic rings. The summed E-state index contributed by atoms with van der Waals surface area (Å²) in [6, 6.07) is 4.30. The summed E-state index contributed by atoms with van der Waals surface area (Å²) in [5.41, 5.74) is 0.00685. The molecular formula is C15H24N2OS. The molecule has 0 unspecified atom stereocenters. The molecule has 1 N–H and O–H groups in total. The molecule has 0 aliphatic carbocycles. The SMILES string of the molecule is CC1CCN(C(=O)NCC(C)(C)c2cccs2)CC1. The fraction of sp³-hybridized carbons (Fsp3) is 0.667. The van der Waals surface area contributed by atoms with E-state index in [2.05, 4.69) is 43.6 Å². The van der Waals surface area contributed by atoms with E-state index in [1.807, 2.05) is 4.90 Å². The highest BCUT2D eigenvalue weighted by molar-refractivity contribution is 7.10. The number of likely N-dealkylation sites (tertiary alicyclic amines) is 1. The Hall–Kier alpha value is -1.03. The Morgan fingerprint density at radius 1 is 1.47 bits per heavy atom. The normalized spacial score (nSPS) is 17.5. The minimum absolute atomic E-state index is 0.00685. The molecule has 1 aromatic rings. The topological polar surface area (TPSA) is 32.3 Å². The van der Waals surface area contributed by atoms with Gasteiger partial charge >= 0.3 is 6.03 Å². The number of rotatable bonds is 3. The average molecular weight is 280 g/mol. The number of nitrogens with one attached hydrogen (secondary N) is 1. The van der Waals surface area contributed by atoms with Crippen LogP contribution in [0.1, 0.15) is 38.5 Å². The molecule has 0 atom stereocenters. The van der Waals surface area contributed by atoms with Crippen LogP contribution in [0.2, 0.25) is 0 Å². The summed E-state index contributed by atoms with van der Waals surface area (Å²) in [5.74, 6) is 0.756. The standard InChI is InChI=1S/C15H24N2OS/c1-12-6-8-17(9-7-12)14(18)16-11-15(2,3)13-5-4-10-19-13/h4-5,10,12H,6-9,11H2,1-3H3,(H,16,18). The van der Waals surface area contributed by atoms with Crippen LogP contribution in [0.5, 0.6) is 0 Å². The third kappa shape index (κ3) is 3.72. The molecule has 0 aromatic carbocycles. The van der Waals surface area contributed by atoms with Crippen LogP contribution >= 0.6 is 11.3 Å². The van der Waals surface area contributed by atoms with Crippen molar-refractivity contribution in [3.63, 3.8) is 0 Å². The molecular weight excluding hydrogens is 256 g/mol. The van der Waals surface area contributed by atoms with E-state index in [-0.39, 0.29) is 11.4 Å². The number of carbonyl (C=O) groups is 1. The molecule has 3 nitrogen and oxygen atoms in total. The van der Waals surface area contributed by atoms with Crippen LogP contribution < -0.4 is 5.32 Å². The van der Waals surface area contributed by atoms with Gasteiger partial charge in [-0.15, -0.1) is 11.3 Å². The fourth-order valence-corrected chi connectivity index (χ4v) is 3.22. The molecule has 1 aromatic heterocycles. The van der Waals surface area contributed by atoms with Crippen LogP contribution in [0.3, 0.4) is 0 Å². The van der Waals surface area contributed by atoms with E-state index in [0.29, 0.717) is 6.54 Å². The molecule has 0 spiro atoms. The van der Waals surface area contributed by atoms with Gasteiger partial charge in [-0.2, -0.15) is 0 Å². The van der Waals surface area contributed by atoms with E-state index in [1.54, 1.807) is 11.3 Å². The Labute approximate surface area is 120 Å². The van der Waals surface area contributed by atoms with Crippen LogP contribution in [0, 0.1) is 5.92 Å². The van der Waals surface area contributed by atoms with Crippen molar-refractivity contribution in [3.8, 4) is 0 Å². The maximum absolute atomic E-state index is 12.1. The van der Waals surface area contributed by atoms with Gasteiger partial charge in [-0.3, -0.25) is 0 Å². The molecule has 0 saturated carbocycles. The lowest BCUT2D eigenvalue weighted by Crippen LogP contribution is -2.47. The van der Waals surface area contributed by atoms with Gasteiger partial charge < -0.3 is 10.2 Å². The van der Waals surface area contributed by atoms with Gasteiger partial charge in [0.15, 0.2) is 0 Å². The van der Waals surface area contributed by atoms with Crippen LogP contribution in [-0.2, 0) is 5.41 Å². The molecule has 2 rings (SSSR count). The lowest BCUT2D eigenvalue weighted by Gasteiger charge is -2.32. The summed E-state index contributed by atoms with van der Waals surface area (Å²) in [4.78, 5) is 15.4. The van der Waals surface area contributed by atoms with E-state index < -0.39 is 0 Å². The highest BCUT2D eigenvalue weighted by Gasteiger charge is 2.25. The zero-order valence-electron chi connectivity index (χ0n) is 12.1. The van der Waals surface area contributed by atoms with Crippen LogP contribution in [0.4, 0.5) is 4.79 Å². The number of hydrogen-bond donors (Lipinski definition) is 1. The summed E-state index contributed by atoms with van der Waals surface area (Å²) in [6.45, 7) is 9.10. The maximum Gasteiger partial charge on any atom is 0.317 e. The summed E-state index contributed by atoms with van der Waals surface area (Å²) < 4.78 is 0. The van der Waals surface area contributed by atoms with Crippen molar-refractivity contribution < 1.29 is 4.79 Å². The average Bonchev–Trinajstić information content (AvgIpc) is 2.91. The summed E-state index contributed by atoms with van der Waals surface area (Å²) >= 11 is 1.75. The van der Waals surface area contributed by atoms with Crippen molar-refractivity contribution in [1.29, 1.82) is 0 Å². The first kappa shape index (κ1) is 14.4. The first-order valence-corrected chi connectivity index (χ1v) is 7.94. The Balaban J connectivity index is 1.83. The van der Waals surface area contributed by atoms with Crippen molar-refractivity contribution in [2.24, 2.45) is 5.92 Å². The number of carbonyl (C=O) groups excluding carboxylic acids is 1. The molecule has 1 saturated heterocycles. The predicted molar refractivity (Wildman–Crippen MR) is 80.7 cm³/mol. The van der Waals surface area contributed by atoms with Gasteiger partial charge in [-0.25, -0.2) is 4.79 Å². The zero-order chi connectivity index (χ0) is 13.9. The Morgan fingerprint density at radius 3 is 2.74 bits per heavy atom. The van der Waals surface area contributed by atoms with Gasteiger partial charge in [0, 0.05) is 29.9 Å². The molecule has 1 fully saturated rings. The van der Waals surface area contributed by atoms with Gasteiger partial charge in [0.25, 0.3) is 0 Å². The number of thiophene rings is 1. The van der Waals surface area contributed by atoms with Crippen molar-refractivity contribution in [2.45, 2.75) is 39.0 Å². The summed E-state index contributed by atoms with van der Waals surface area (Å²) in [5, 5.41) is 5.18. The van der Waals surface area contributed by atoms with Crippen LogP contribution in [0.15, 0.2) is 17.5 Å². The fourth-order valence-electron chi connectivity index (χ4n) is 2.37. The van der Waals surface area contributed by atoms with Crippen molar-refractivity contribution in [2.75, 3.05) is 19.6 Å². The molecule has 4 heteroatoms. The number of piperidine rings is 1. The molecule has 0 radical (unpaired) electrons. The van der Waals surface area contributed by atoms with E-state index in [0.717, 1.165) is 31.8 Å². The number of hydrogen-bond acceptors (Lipinski definition) is 2. The molecule has 1 aliphatic heterocycles. The largest absolute Gasteiger partial charge is 0.337 e. The number of urea groups is 1. The minimum Gasteiger partial charge on any atom is -0.337 e. The van der Waals surface area contributed by atoms with Gasteiger partial charge in [0.2, 0.25) is 0 Å². The van der Waals surface area contributed by atoms with E-state index in [9.17, 15) is 4.79 Å². The monoisotopic (exact) mass is 280 g/mol. The zero-order valence-corrected chi connectivity index (χ0v) is 12.9. The van der Waals surface area contributed by atoms with Gasteiger partial charge in [0.1, 0.15) is 0 Å². The number of nitrogens with zero attached hydrogens (tertiary/aromatic N) is 1. The smallest absolute Gasteiger partial charge is 0.317 e. The maximum atomic E-state index is 12.1. The Morgan fingerprint density at radius 2 is 2.16 bits per heavy atom. The second-order valence-corrected chi connectivity index (χ2v) is 7.14. The Bertz CT molecular complexity index is 406. The molecule has 0 bridgehead atoms. The quantitative estimate of drug-likeness (QED) is 0.903. The van der Waals surface area contributed by atoms with Gasteiger partial charge in [-0.1, -0.05) is 26.8 Å². The Kier molecular flexibility index (Phi) is 4.50. The van der Waals surface area contributed by atoms with Crippen molar-refractivity contribution in [3.05, 3.63) is 22.4 Å². The van der Waals surface area contributed by atoms with Gasteiger partial charge in [-0.05, 0) is 30.2 Å². The highest BCUT2D eigenvalue weighted by atomic mass is 32.1. The predicted octanol–water partition coefficient (Wildman–Crippen LogP) is 3.47. The minimum atomic E-state index is 0.00685. The molecule has 2 heterocycles. The van der Waals surface area contributed by atoms with Crippen molar-refractivity contribution in [1.82, 2.24) is 10.2 Å². The van der Waals surface area contributed by atoms with Crippen LogP contribution in [-0.4, -0.2) is 30.6 Å². The second kappa shape index (κ2) is 5.95. The highest BCUT2D eigenvalue weighted by Crippen LogP contribution is 2.26. The van der Waals surface area contributed by atoms with E-state index in [1.165, 1.54) is 4.88 Å². The van der Waals surface area contributed by atoms with Gasteiger partial charge in [0.05, 0.1) is 0 Å². The molecule has 19 heavy (non-hydrogen) atoms. The first-order valence-electron chi connectivity index (χ1n) is 7.06. The summed E-state index contributed by atoms with van der Waals surface area (Å²) in [6.07, 6.45) is 2.25. The molecule has 106 valence electrons. The second-order valence-electron chi connectivity index (χ2n) is 6.19. The first-order chi connectivity index (χ1) is 8.99. The third-order valence-electron chi connectivity index (χ3n) is 3.94. The number of amides is 2. The van der Waals surface area contributed by atoms with E-state index >= 15 is 0 Å². The summed E-state index contributed by atoms with van der Waals surface area (Å²) in [7, 11) is 0. The van der Waals surface area contributed by atoms with E-state index in [4.69, 9.17) is 0 Å². The van der Waals surface area contributed by atoms with Crippen LogP contribution in [0.25, 0.3) is 0 Å². The molecule has 2 amide bonds. The lowest BCUT2D eigenvalue weighted by atomic mass is 9.91. The van der Waals surface area contributed by atoms with Crippen molar-refractivity contribution >= 4 is 17.4 Å². The third-order valence-corrected chi connectivity index (χ3v) is 5.18.